The van der Waals surface area contributed by atoms with Gasteiger partial charge >= 0.3 is 0 Å². The van der Waals surface area contributed by atoms with E-state index < -0.39 is 0 Å². The molecule has 0 amide bonds. The summed E-state index contributed by atoms with van der Waals surface area (Å²) in [4.78, 5) is 0. The second kappa shape index (κ2) is 2.74. The van der Waals surface area contributed by atoms with Gasteiger partial charge in [0, 0.05) is 12.7 Å². The second-order valence-electron chi connectivity index (χ2n) is 2.48. The molecule has 1 rings (SSSR count). The Labute approximate surface area is 62.1 Å². The molecule has 0 spiro atoms. The van der Waals surface area contributed by atoms with Gasteiger partial charge in [-0.15, -0.1) is 0 Å². The van der Waals surface area contributed by atoms with E-state index >= 15 is 0 Å². The van der Waals surface area contributed by atoms with Crippen LogP contribution in [0.25, 0.3) is 0 Å². The lowest BCUT2D eigenvalue weighted by molar-refractivity contribution is 1.34. The molecule has 0 fully saturated rings. The molecule has 0 heterocycles. The number of hydrogen-bond donors (Lipinski definition) is 1. The number of aryl methyl sites for hydroxylation is 2. The molecule has 0 unspecified atom stereocenters. The van der Waals surface area contributed by atoms with Gasteiger partial charge in [0.25, 0.3) is 0 Å². The van der Waals surface area contributed by atoms with Gasteiger partial charge in [0.1, 0.15) is 0 Å². The third-order valence-electron chi connectivity index (χ3n) is 1.71. The summed E-state index contributed by atoms with van der Waals surface area (Å²) in [7, 11) is 3.58. The highest BCUT2D eigenvalue weighted by Gasteiger charge is 1.91. The van der Waals surface area contributed by atoms with Crippen molar-refractivity contribution in [3.63, 3.8) is 0 Å². The summed E-state index contributed by atoms with van der Waals surface area (Å²) >= 11 is 0. The first-order chi connectivity index (χ1) is 4.74. The van der Waals surface area contributed by atoms with Crippen molar-refractivity contribution in [2.45, 2.75) is 13.8 Å². The van der Waals surface area contributed by atoms with Crippen molar-refractivity contribution in [3.05, 3.63) is 36.4 Å². The minimum atomic E-state index is 1.07. The van der Waals surface area contributed by atoms with E-state index in [2.05, 4.69) is 38.3 Å². The molecule has 0 saturated heterocycles. The Bertz CT molecular complexity index is 228. The van der Waals surface area contributed by atoms with Crippen molar-refractivity contribution in [2.24, 2.45) is 0 Å². The average Bonchev–Trinajstić information content (AvgIpc) is 1.95. The van der Waals surface area contributed by atoms with Gasteiger partial charge in [0.15, 0.2) is 0 Å². The molecule has 1 aromatic carbocycles. The van der Waals surface area contributed by atoms with Crippen molar-refractivity contribution >= 4 is 5.69 Å². The van der Waals surface area contributed by atoms with Gasteiger partial charge in [-0.25, -0.2) is 0 Å². The number of benzene rings is 1. The summed E-state index contributed by atoms with van der Waals surface area (Å²) in [5, 5.41) is 2.84. The van der Waals surface area contributed by atoms with Crippen molar-refractivity contribution in [3.8, 4) is 0 Å². The predicted octanol–water partition coefficient (Wildman–Crippen LogP) is 2.51. The fourth-order valence-corrected chi connectivity index (χ4v) is 0.851. The molecule has 0 aromatic heterocycles. The lowest BCUT2D eigenvalue weighted by Crippen LogP contribution is -1.86. The van der Waals surface area contributed by atoms with Gasteiger partial charge in [-0.1, -0.05) is 6.07 Å². The first-order valence-electron chi connectivity index (χ1n) is 3.34. The van der Waals surface area contributed by atoms with Crippen LogP contribution in [0.3, 0.4) is 0 Å². The SMILES string of the molecule is [CH2]Nc1ccc(C)c(C)c1. The average molecular weight is 134 g/mol. The minimum absolute atomic E-state index is 1.07. The van der Waals surface area contributed by atoms with Crippen LogP contribution in [-0.4, -0.2) is 0 Å². The fraction of sp³-hybridized carbons (Fsp3) is 0.222. The highest BCUT2D eigenvalue weighted by atomic mass is 14.8. The van der Waals surface area contributed by atoms with E-state index in [0.29, 0.717) is 0 Å². The monoisotopic (exact) mass is 134 g/mol. The van der Waals surface area contributed by atoms with Crippen molar-refractivity contribution in [1.82, 2.24) is 0 Å². The van der Waals surface area contributed by atoms with E-state index in [0.717, 1.165) is 5.69 Å². The van der Waals surface area contributed by atoms with E-state index in [-0.39, 0.29) is 0 Å². The predicted molar refractivity (Wildman–Crippen MR) is 44.9 cm³/mol. The molecular weight excluding hydrogens is 122 g/mol. The van der Waals surface area contributed by atoms with Crippen molar-refractivity contribution < 1.29 is 0 Å². The Morgan fingerprint density at radius 2 is 1.90 bits per heavy atom. The molecule has 0 aliphatic heterocycles. The topological polar surface area (TPSA) is 12.0 Å². The molecule has 0 saturated carbocycles. The summed E-state index contributed by atoms with van der Waals surface area (Å²) in [6.45, 7) is 4.19. The van der Waals surface area contributed by atoms with Crippen LogP contribution in [0.15, 0.2) is 18.2 Å². The minimum Gasteiger partial charge on any atom is -0.383 e. The molecule has 0 atom stereocenters. The number of nitrogens with one attached hydrogen (secondary N) is 1. The van der Waals surface area contributed by atoms with E-state index in [1.807, 2.05) is 6.07 Å². The molecule has 1 aromatic rings. The quantitative estimate of drug-likeness (QED) is 0.622. The largest absolute Gasteiger partial charge is 0.383 e. The molecular formula is C9H12N. The molecule has 1 heteroatoms. The van der Waals surface area contributed by atoms with Gasteiger partial charge in [-0.05, 0) is 37.1 Å². The molecule has 0 bridgehead atoms. The van der Waals surface area contributed by atoms with E-state index in [4.69, 9.17) is 0 Å². The molecule has 0 aliphatic rings. The molecule has 0 aliphatic carbocycles. The molecule has 1 radical (unpaired) electrons. The molecule has 1 nitrogen and oxygen atoms in total. The van der Waals surface area contributed by atoms with Crippen LogP contribution < -0.4 is 5.32 Å². The van der Waals surface area contributed by atoms with E-state index in [1.165, 1.54) is 11.1 Å². The number of anilines is 1. The summed E-state index contributed by atoms with van der Waals surface area (Å²) in [6.07, 6.45) is 0. The Morgan fingerprint density at radius 3 is 2.40 bits per heavy atom. The maximum absolute atomic E-state index is 3.58. The van der Waals surface area contributed by atoms with Crippen LogP contribution in [0.2, 0.25) is 0 Å². The first kappa shape index (κ1) is 7.13. The Morgan fingerprint density at radius 1 is 1.20 bits per heavy atom. The lowest BCUT2D eigenvalue weighted by atomic mass is 10.1. The molecule has 10 heavy (non-hydrogen) atoms. The van der Waals surface area contributed by atoms with Crippen LogP contribution in [0.4, 0.5) is 5.69 Å². The number of rotatable bonds is 1. The van der Waals surface area contributed by atoms with Crippen LogP contribution in [0, 0.1) is 20.9 Å². The van der Waals surface area contributed by atoms with Crippen LogP contribution >= 0.6 is 0 Å². The third-order valence-corrected chi connectivity index (χ3v) is 1.71. The van der Waals surface area contributed by atoms with Gasteiger partial charge in [0.2, 0.25) is 0 Å². The van der Waals surface area contributed by atoms with Crippen LogP contribution in [0.1, 0.15) is 11.1 Å². The number of hydrogen-bond acceptors (Lipinski definition) is 1. The van der Waals surface area contributed by atoms with Gasteiger partial charge in [-0.3, -0.25) is 0 Å². The maximum atomic E-state index is 3.58. The summed E-state index contributed by atoms with van der Waals surface area (Å²) in [6, 6.07) is 6.19. The van der Waals surface area contributed by atoms with Crippen molar-refractivity contribution in [1.29, 1.82) is 0 Å². The normalized spacial score (nSPS) is 9.50. The van der Waals surface area contributed by atoms with Gasteiger partial charge in [0.05, 0.1) is 0 Å². The highest BCUT2D eigenvalue weighted by molar-refractivity contribution is 5.48. The standard InChI is InChI=1S/C9H12N/c1-7-4-5-9(10-3)6-8(7)2/h4-6,10H,3H2,1-2H3. The maximum Gasteiger partial charge on any atom is 0.0343 e. The summed E-state index contributed by atoms with van der Waals surface area (Å²) in [5.41, 5.74) is 3.69. The summed E-state index contributed by atoms with van der Waals surface area (Å²) in [5.74, 6) is 0. The van der Waals surface area contributed by atoms with E-state index in [1.54, 1.807) is 0 Å². The Balaban J connectivity index is 3.04. The first-order valence-corrected chi connectivity index (χ1v) is 3.34. The van der Waals surface area contributed by atoms with Crippen LogP contribution in [0.5, 0.6) is 0 Å². The zero-order valence-corrected chi connectivity index (χ0v) is 6.44. The smallest absolute Gasteiger partial charge is 0.0343 e. The second-order valence-corrected chi connectivity index (χ2v) is 2.48. The third kappa shape index (κ3) is 1.29. The van der Waals surface area contributed by atoms with E-state index in [9.17, 15) is 0 Å². The molecule has 1 N–H and O–H groups in total. The Hall–Kier alpha value is -0.980. The lowest BCUT2D eigenvalue weighted by Gasteiger charge is -2.02. The van der Waals surface area contributed by atoms with Gasteiger partial charge in [-0.2, -0.15) is 0 Å². The fourth-order valence-electron chi connectivity index (χ4n) is 0.851. The zero-order chi connectivity index (χ0) is 7.56. The summed E-state index contributed by atoms with van der Waals surface area (Å²) < 4.78 is 0. The van der Waals surface area contributed by atoms with Gasteiger partial charge < -0.3 is 5.32 Å². The van der Waals surface area contributed by atoms with Crippen molar-refractivity contribution in [2.75, 3.05) is 5.32 Å². The Kier molecular flexibility index (Phi) is 1.95. The zero-order valence-electron chi connectivity index (χ0n) is 6.44. The molecule has 53 valence electrons. The highest BCUT2D eigenvalue weighted by Crippen LogP contribution is 2.12. The van der Waals surface area contributed by atoms with Crippen LogP contribution in [-0.2, 0) is 0 Å².